The third-order valence-corrected chi connectivity index (χ3v) is 2.30. The number of benzene rings is 1. The molecule has 0 aliphatic rings. The lowest BCUT2D eigenvalue weighted by molar-refractivity contribution is 1.32. The van der Waals surface area contributed by atoms with E-state index in [2.05, 4.69) is 0 Å². The van der Waals surface area contributed by atoms with Crippen molar-refractivity contribution in [2.24, 2.45) is 11.5 Å². The molecule has 4 heteroatoms. The third kappa shape index (κ3) is 2.73. The van der Waals surface area contributed by atoms with Crippen molar-refractivity contribution in [3.63, 3.8) is 0 Å². The average molecular weight is 191 g/mol. The van der Waals surface area contributed by atoms with Crippen LogP contribution in [0.1, 0.15) is 0 Å². The molecule has 0 amide bonds. The predicted octanol–water partition coefficient (Wildman–Crippen LogP) is 1.39. The van der Waals surface area contributed by atoms with Gasteiger partial charge in [-0.05, 0) is 12.1 Å². The van der Waals surface area contributed by atoms with E-state index < -0.39 is 0 Å². The fourth-order valence-electron chi connectivity index (χ4n) is 0.726. The highest BCUT2D eigenvalue weighted by Crippen LogP contribution is 2.23. The zero-order valence-corrected chi connectivity index (χ0v) is 7.71. The van der Waals surface area contributed by atoms with Gasteiger partial charge < -0.3 is 11.5 Å². The van der Waals surface area contributed by atoms with Gasteiger partial charge in [-0.25, -0.2) is 0 Å². The normalized spacial score (nSPS) is 11.6. The number of hydrogen-bond acceptors (Lipinski definition) is 4. The van der Waals surface area contributed by atoms with Crippen molar-refractivity contribution in [2.75, 3.05) is 0 Å². The molecule has 1 aromatic carbocycles. The van der Waals surface area contributed by atoms with Crippen LogP contribution >= 0.6 is 11.8 Å². The summed E-state index contributed by atoms with van der Waals surface area (Å²) in [5, 5.41) is 8.80. The fraction of sp³-hybridized carbons (Fsp3) is 0. The number of nitrogens with zero attached hydrogens (tertiary/aromatic N) is 1. The van der Waals surface area contributed by atoms with E-state index in [0.29, 0.717) is 5.03 Å². The first-order valence-electron chi connectivity index (χ1n) is 3.62. The van der Waals surface area contributed by atoms with E-state index in [1.807, 2.05) is 30.3 Å². The zero-order chi connectivity index (χ0) is 9.68. The van der Waals surface area contributed by atoms with Crippen molar-refractivity contribution in [3.8, 4) is 6.07 Å². The highest BCUT2D eigenvalue weighted by atomic mass is 32.2. The van der Waals surface area contributed by atoms with Crippen LogP contribution < -0.4 is 11.5 Å². The van der Waals surface area contributed by atoms with Gasteiger partial charge in [0.25, 0.3) is 0 Å². The molecule has 0 aliphatic heterocycles. The number of thioether (sulfide) groups is 1. The molecule has 0 saturated heterocycles. The second kappa shape index (κ2) is 4.43. The first kappa shape index (κ1) is 9.49. The largest absolute Gasteiger partial charge is 0.391 e. The molecule has 66 valence electrons. The Morgan fingerprint density at radius 3 is 2.38 bits per heavy atom. The van der Waals surface area contributed by atoms with Crippen LogP contribution in [0.2, 0.25) is 0 Å². The van der Waals surface area contributed by atoms with Crippen molar-refractivity contribution >= 4 is 11.8 Å². The molecule has 1 rings (SSSR count). The van der Waals surface area contributed by atoms with Gasteiger partial charge in [0.1, 0.15) is 16.8 Å². The summed E-state index contributed by atoms with van der Waals surface area (Å²) in [5.74, 6) is 0. The maximum Gasteiger partial charge on any atom is 0.141 e. The van der Waals surface area contributed by atoms with E-state index >= 15 is 0 Å². The topological polar surface area (TPSA) is 75.8 Å². The summed E-state index contributed by atoms with van der Waals surface area (Å²) in [5.41, 5.74) is 11.0. The van der Waals surface area contributed by atoms with E-state index in [0.717, 1.165) is 4.90 Å². The Morgan fingerprint density at radius 1 is 1.23 bits per heavy atom. The van der Waals surface area contributed by atoms with Crippen LogP contribution in [0.15, 0.2) is 46.0 Å². The molecule has 0 atom stereocenters. The molecule has 0 fully saturated rings. The van der Waals surface area contributed by atoms with Gasteiger partial charge in [-0.15, -0.1) is 0 Å². The van der Waals surface area contributed by atoms with Crippen molar-refractivity contribution in [2.45, 2.75) is 4.90 Å². The van der Waals surface area contributed by atoms with Gasteiger partial charge >= 0.3 is 0 Å². The molecule has 0 spiro atoms. The zero-order valence-electron chi connectivity index (χ0n) is 6.90. The van der Waals surface area contributed by atoms with Crippen LogP contribution in [-0.4, -0.2) is 0 Å². The van der Waals surface area contributed by atoms with Crippen molar-refractivity contribution in [3.05, 3.63) is 41.1 Å². The summed E-state index contributed by atoms with van der Waals surface area (Å²) in [4.78, 5) is 0.971. The molecule has 4 N–H and O–H groups in total. The summed E-state index contributed by atoms with van der Waals surface area (Å²) >= 11 is 1.29. The lowest BCUT2D eigenvalue weighted by Gasteiger charge is -2.00. The molecule has 0 heterocycles. The Bertz CT molecular complexity index is 351. The minimum absolute atomic E-state index is 0.0638. The number of hydrogen-bond donors (Lipinski definition) is 2. The Balaban J connectivity index is 2.78. The quantitative estimate of drug-likeness (QED) is 0.547. The minimum atomic E-state index is 0.0638. The van der Waals surface area contributed by atoms with Crippen molar-refractivity contribution < 1.29 is 0 Å². The molecule has 0 radical (unpaired) electrons. The second-order valence-corrected chi connectivity index (χ2v) is 3.42. The monoisotopic (exact) mass is 191 g/mol. The van der Waals surface area contributed by atoms with Crippen LogP contribution in [0.5, 0.6) is 0 Å². The summed E-state index contributed by atoms with van der Waals surface area (Å²) in [6, 6.07) is 11.3. The molecule has 0 aliphatic carbocycles. The second-order valence-electron chi connectivity index (χ2n) is 2.30. The van der Waals surface area contributed by atoms with Crippen LogP contribution in [0.3, 0.4) is 0 Å². The molecule has 0 bridgehead atoms. The fourth-order valence-corrected chi connectivity index (χ4v) is 1.43. The highest BCUT2D eigenvalue weighted by molar-refractivity contribution is 8.03. The minimum Gasteiger partial charge on any atom is -0.391 e. The van der Waals surface area contributed by atoms with Gasteiger partial charge in [-0.2, -0.15) is 5.26 Å². The Morgan fingerprint density at radius 2 is 1.85 bits per heavy atom. The van der Waals surface area contributed by atoms with Crippen molar-refractivity contribution in [1.82, 2.24) is 0 Å². The van der Waals surface area contributed by atoms with Crippen LogP contribution in [-0.2, 0) is 0 Å². The number of nitrogens with two attached hydrogens (primary N) is 2. The van der Waals surface area contributed by atoms with Gasteiger partial charge in [0.05, 0.1) is 0 Å². The van der Waals surface area contributed by atoms with E-state index in [1.54, 1.807) is 6.07 Å². The molecule has 1 aromatic rings. The average Bonchev–Trinajstić information content (AvgIpc) is 2.18. The van der Waals surface area contributed by atoms with E-state index in [9.17, 15) is 0 Å². The van der Waals surface area contributed by atoms with Crippen LogP contribution in [0, 0.1) is 11.3 Å². The van der Waals surface area contributed by atoms with E-state index in [-0.39, 0.29) is 5.70 Å². The lowest BCUT2D eigenvalue weighted by Crippen LogP contribution is -2.04. The van der Waals surface area contributed by atoms with Crippen LogP contribution in [0.4, 0.5) is 0 Å². The summed E-state index contributed by atoms with van der Waals surface area (Å²) in [6.45, 7) is 0. The first-order valence-corrected chi connectivity index (χ1v) is 4.44. The molecule has 0 aromatic heterocycles. The molecular weight excluding hydrogens is 182 g/mol. The number of nitriles is 1. The van der Waals surface area contributed by atoms with E-state index in [1.165, 1.54) is 11.8 Å². The van der Waals surface area contributed by atoms with Gasteiger partial charge in [-0.3, -0.25) is 0 Å². The van der Waals surface area contributed by atoms with Gasteiger partial charge in [0, 0.05) is 4.90 Å². The Hall–Kier alpha value is -1.60. The lowest BCUT2D eigenvalue weighted by atomic mass is 10.4. The summed E-state index contributed by atoms with van der Waals surface area (Å²) in [6.07, 6.45) is 0. The maximum absolute atomic E-state index is 8.46. The Labute approximate surface area is 81.0 Å². The standard InChI is InChI=1S/C9H9N3S/c10-6-8(11)9(12)13-7-4-2-1-3-5-7/h1-5H,11-12H2/b9-8-. The molecular formula is C9H9N3S. The predicted molar refractivity (Wildman–Crippen MR) is 53.3 cm³/mol. The molecule has 3 nitrogen and oxygen atoms in total. The van der Waals surface area contributed by atoms with Gasteiger partial charge in [0.2, 0.25) is 0 Å². The molecule has 0 unspecified atom stereocenters. The van der Waals surface area contributed by atoms with Gasteiger partial charge in [-0.1, -0.05) is 30.0 Å². The summed E-state index contributed by atoms with van der Waals surface area (Å²) < 4.78 is 0. The molecule has 13 heavy (non-hydrogen) atoms. The van der Waals surface area contributed by atoms with Crippen LogP contribution in [0.25, 0.3) is 0 Å². The van der Waals surface area contributed by atoms with Crippen molar-refractivity contribution in [1.29, 1.82) is 5.26 Å². The molecule has 0 saturated carbocycles. The number of allylic oxidation sites excluding steroid dienone is 1. The van der Waals surface area contributed by atoms with E-state index in [4.69, 9.17) is 16.7 Å². The maximum atomic E-state index is 8.46. The third-order valence-electron chi connectivity index (χ3n) is 1.36. The number of rotatable bonds is 2. The SMILES string of the molecule is N#C/C(N)=C(\N)Sc1ccccc1. The smallest absolute Gasteiger partial charge is 0.141 e. The first-order chi connectivity index (χ1) is 6.24. The van der Waals surface area contributed by atoms with Gasteiger partial charge in [0.15, 0.2) is 0 Å². The highest BCUT2D eigenvalue weighted by Gasteiger charge is 1.99. The summed E-state index contributed by atoms with van der Waals surface area (Å²) in [7, 11) is 0. The Kier molecular flexibility index (Phi) is 3.23.